The van der Waals surface area contributed by atoms with Gasteiger partial charge in [-0.3, -0.25) is 14.5 Å². The molecule has 0 radical (unpaired) electrons. The summed E-state index contributed by atoms with van der Waals surface area (Å²) in [5, 5.41) is 2.99. The van der Waals surface area contributed by atoms with Crippen LogP contribution in [0.2, 0.25) is 0 Å². The number of hydrogen-bond donors (Lipinski definition) is 1. The molecule has 1 saturated carbocycles. The van der Waals surface area contributed by atoms with Crippen molar-refractivity contribution in [2.45, 2.75) is 65.0 Å². The zero-order chi connectivity index (χ0) is 14.4. The molecule has 1 aliphatic rings. The molecule has 1 atom stereocenters. The Balaban J connectivity index is 2.36. The van der Waals surface area contributed by atoms with Crippen molar-refractivity contribution < 1.29 is 9.59 Å². The van der Waals surface area contributed by atoms with Gasteiger partial charge in [0.15, 0.2) is 0 Å². The fraction of sp³-hybridized carbons (Fsp3) is 0.867. The number of rotatable bonds is 6. The summed E-state index contributed by atoms with van der Waals surface area (Å²) >= 11 is 0. The van der Waals surface area contributed by atoms with Crippen LogP contribution in [-0.2, 0) is 9.59 Å². The van der Waals surface area contributed by atoms with Crippen molar-refractivity contribution in [1.82, 2.24) is 10.2 Å². The summed E-state index contributed by atoms with van der Waals surface area (Å²) in [6.07, 6.45) is 4.12. The molecule has 4 nitrogen and oxygen atoms in total. The fourth-order valence-electron chi connectivity index (χ4n) is 2.46. The highest BCUT2D eigenvalue weighted by Gasteiger charge is 2.27. The molecule has 0 aliphatic heterocycles. The topological polar surface area (TPSA) is 49.4 Å². The van der Waals surface area contributed by atoms with Crippen LogP contribution in [0.4, 0.5) is 0 Å². The van der Waals surface area contributed by atoms with Crippen molar-refractivity contribution >= 4 is 11.7 Å². The van der Waals surface area contributed by atoms with E-state index in [-0.39, 0.29) is 11.9 Å². The van der Waals surface area contributed by atoms with Crippen molar-refractivity contribution in [3.8, 4) is 0 Å². The van der Waals surface area contributed by atoms with E-state index in [1.807, 2.05) is 14.0 Å². The number of likely N-dealkylation sites (N-methyl/N-ethyl adjacent to an activating group) is 1. The van der Waals surface area contributed by atoms with Gasteiger partial charge >= 0.3 is 0 Å². The average Bonchev–Trinajstić information content (AvgIpc) is 2.37. The predicted molar refractivity (Wildman–Crippen MR) is 77.0 cm³/mol. The van der Waals surface area contributed by atoms with Crippen LogP contribution in [0.1, 0.15) is 52.9 Å². The Morgan fingerprint density at radius 2 is 1.89 bits per heavy atom. The summed E-state index contributed by atoms with van der Waals surface area (Å²) in [5.74, 6) is 1.07. The Bertz CT molecular complexity index is 305. The maximum absolute atomic E-state index is 12.1. The number of ketones is 1. The average molecular weight is 268 g/mol. The monoisotopic (exact) mass is 268 g/mol. The van der Waals surface area contributed by atoms with E-state index in [0.717, 1.165) is 25.8 Å². The van der Waals surface area contributed by atoms with Crippen molar-refractivity contribution in [2.24, 2.45) is 5.92 Å². The van der Waals surface area contributed by atoms with Gasteiger partial charge in [-0.2, -0.15) is 0 Å². The number of carbonyl (C=O) groups excluding carboxylic acids is 2. The Hall–Kier alpha value is -0.900. The van der Waals surface area contributed by atoms with Gasteiger partial charge in [0.25, 0.3) is 0 Å². The van der Waals surface area contributed by atoms with E-state index in [1.54, 1.807) is 0 Å². The number of hydrogen-bond acceptors (Lipinski definition) is 3. The highest BCUT2D eigenvalue weighted by Crippen LogP contribution is 2.21. The van der Waals surface area contributed by atoms with Crippen LogP contribution >= 0.6 is 0 Å². The van der Waals surface area contributed by atoms with E-state index in [4.69, 9.17) is 0 Å². The van der Waals surface area contributed by atoms with Crippen LogP contribution in [0.25, 0.3) is 0 Å². The molecule has 0 spiro atoms. The molecule has 0 bridgehead atoms. The number of nitrogens with one attached hydrogen (secondary N) is 1. The summed E-state index contributed by atoms with van der Waals surface area (Å²) in [6.45, 7) is 7.00. The molecular weight excluding hydrogens is 240 g/mol. The first-order chi connectivity index (χ1) is 8.91. The molecular formula is C15H28N2O2. The first-order valence-electron chi connectivity index (χ1n) is 7.43. The lowest BCUT2D eigenvalue weighted by atomic mass is 9.92. The molecule has 4 heteroatoms. The van der Waals surface area contributed by atoms with Gasteiger partial charge < -0.3 is 5.32 Å². The second-order valence-electron chi connectivity index (χ2n) is 6.08. The Labute approximate surface area is 116 Å². The van der Waals surface area contributed by atoms with E-state index in [1.165, 1.54) is 0 Å². The Morgan fingerprint density at radius 3 is 2.42 bits per heavy atom. The normalized spacial score (nSPS) is 18.9. The van der Waals surface area contributed by atoms with Gasteiger partial charge in [-0.05, 0) is 39.2 Å². The molecule has 1 aliphatic carbocycles. The van der Waals surface area contributed by atoms with E-state index in [9.17, 15) is 9.59 Å². The largest absolute Gasteiger partial charge is 0.355 e. The van der Waals surface area contributed by atoms with Crippen LogP contribution < -0.4 is 5.32 Å². The smallest absolute Gasteiger partial charge is 0.237 e. The van der Waals surface area contributed by atoms with Crippen molar-refractivity contribution in [3.63, 3.8) is 0 Å². The van der Waals surface area contributed by atoms with Crippen molar-refractivity contribution in [2.75, 3.05) is 13.6 Å². The molecule has 1 unspecified atom stereocenters. The molecule has 110 valence electrons. The van der Waals surface area contributed by atoms with E-state index < -0.39 is 0 Å². The summed E-state index contributed by atoms with van der Waals surface area (Å²) in [4.78, 5) is 25.4. The van der Waals surface area contributed by atoms with Crippen LogP contribution in [-0.4, -0.2) is 42.3 Å². The minimum Gasteiger partial charge on any atom is -0.355 e. The Morgan fingerprint density at radius 1 is 1.32 bits per heavy atom. The maximum Gasteiger partial charge on any atom is 0.237 e. The van der Waals surface area contributed by atoms with Gasteiger partial charge in [0.05, 0.1) is 6.04 Å². The third kappa shape index (κ3) is 5.31. The van der Waals surface area contributed by atoms with Crippen LogP contribution in [0.3, 0.4) is 0 Å². The highest BCUT2D eigenvalue weighted by atomic mass is 16.2. The van der Waals surface area contributed by atoms with E-state index in [2.05, 4.69) is 24.1 Å². The SMILES string of the molecule is CC(C)CCNC(=O)C(C)N(C)C1CCC(=O)CC1. The lowest BCUT2D eigenvalue weighted by molar-refractivity contribution is -0.127. The quantitative estimate of drug-likeness (QED) is 0.801. The molecule has 19 heavy (non-hydrogen) atoms. The van der Waals surface area contributed by atoms with Gasteiger partial charge in [0.1, 0.15) is 5.78 Å². The van der Waals surface area contributed by atoms with Crippen molar-refractivity contribution in [3.05, 3.63) is 0 Å². The Kier molecular flexibility index (Phi) is 6.49. The minimum atomic E-state index is -0.120. The van der Waals surface area contributed by atoms with Crippen LogP contribution in [0, 0.1) is 5.92 Å². The van der Waals surface area contributed by atoms with Gasteiger partial charge in [0, 0.05) is 25.4 Å². The fourth-order valence-corrected chi connectivity index (χ4v) is 2.46. The number of amides is 1. The van der Waals surface area contributed by atoms with Gasteiger partial charge in [-0.1, -0.05) is 13.8 Å². The van der Waals surface area contributed by atoms with E-state index >= 15 is 0 Å². The van der Waals surface area contributed by atoms with Gasteiger partial charge in [-0.25, -0.2) is 0 Å². The standard InChI is InChI=1S/C15H28N2O2/c1-11(2)9-10-16-15(19)12(3)17(4)13-5-7-14(18)8-6-13/h11-13H,5-10H2,1-4H3,(H,16,19). The minimum absolute atomic E-state index is 0.0973. The van der Waals surface area contributed by atoms with Crippen molar-refractivity contribution in [1.29, 1.82) is 0 Å². The second kappa shape index (κ2) is 7.63. The van der Waals surface area contributed by atoms with Crippen LogP contribution in [0.15, 0.2) is 0 Å². The number of carbonyl (C=O) groups is 2. The zero-order valence-corrected chi connectivity index (χ0v) is 12.7. The molecule has 0 aromatic rings. The lowest BCUT2D eigenvalue weighted by Crippen LogP contribution is -2.48. The lowest BCUT2D eigenvalue weighted by Gasteiger charge is -2.34. The van der Waals surface area contributed by atoms with Crippen LogP contribution in [0.5, 0.6) is 0 Å². The summed E-state index contributed by atoms with van der Waals surface area (Å²) in [6, 6.07) is 0.244. The molecule has 1 N–H and O–H groups in total. The second-order valence-corrected chi connectivity index (χ2v) is 6.08. The summed E-state index contributed by atoms with van der Waals surface area (Å²) < 4.78 is 0. The predicted octanol–water partition coefficient (Wildman–Crippen LogP) is 1.98. The molecule has 1 rings (SSSR count). The molecule has 1 amide bonds. The zero-order valence-electron chi connectivity index (χ0n) is 12.7. The molecule has 1 fully saturated rings. The third-order valence-electron chi connectivity index (χ3n) is 4.10. The number of nitrogens with zero attached hydrogens (tertiary/aromatic N) is 1. The van der Waals surface area contributed by atoms with Gasteiger partial charge in [0.2, 0.25) is 5.91 Å². The molecule has 0 saturated heterocycles. The summed E-state index contributed by atoms with van der Waals surface area (Å²) in [5.41, 5.74) is 0. The van der Waals surface area contributed by atoms with Gasteiger partial charge in [-0.15, -0.1) is 0 Å². The molecule has 0 aromatic carbocycles. The first-order valence-corrected chi connectivity index (χ1v) is 7.43. The molecule has 0 heterocycles. The third-order valence-corrected chi connectivity index (χ3v) is 4.10. The highest BCUT2D eigenvalue weighted by molar-refractivity contribution is 5.81. The maximum atomic E-state index is 12.1. The molecule has 0 aromatic heterocycles. The number of Topliss-reactive ketones (excluding diaryl/α,β-unsaturated/α-hetero) is 1. The first kappa shape index (κ1) is 16.2. The summed E-state index contributed by atoms with van der Waals surface area (Å²) in [7, 11) is 1.99. The van der Waals surface area contributed by atoms with E-state index in [0.29, 0.717) is 30.6 Å².